The molecule has 0 bridgehead atoms. The van der Waals surface area contributed by atoms with Gasteiger partial charge in [-0.25, -0.2) is 9.78 Å². The van der Waals surface area contributed by atoms with Crippen molar-refractivity contribution in [3.63, 3.8) is 0 Å². The fourth-order valence-corrected chi connectivity index (χ4v) is 3.05. The number of benzene rings is 1. The molecular weight excluding hydrogens is 382 g/mol. The largest absolute Gasteiger partial charge is 0.449 e. The Morgan fingerprint density at radius 2 is 1.96 bits per heavy atom. The number of ether oxygens (including phenoxy) is 2. The zero-order chi connectivity index (χ0) is 19.9. The Balaban J connectivity index is 1.53. The predicted octanol–water partition coefficient (Wildman–Crippen LogP) is 1.33. The molecule has 7 nitrogen and oxygen atoms in total. The maximum Gasteiger partial charge on any atom is 0.338 e. The number of morpholine rings is 1. The van der Waals surface area contributed by atoms with Crippen LogP contribution in [-0.2, 0) is 20.8 Å². The maximum absolute atomic E-state index is 12.3. The molecule has 0 saturated carbocycles. The minimum Gasteiger partial charge on any atom is -0.449 e. The second kappa shape index (κ2) is 9.64. The van der Waals surface area contributed by atoms with Crippen LogP contribution in [0.2, 0.25) is 5.15 Å². The van der Waals surface area contributed by atoms with Crippen LogP contribution in [0, 0.1) is 0 Å². The first kappa shape index (κ1) is 20.3. The molecule has 3 rings (SSSR count). The number of hydrogen-bond donors (Lipinski definition) is 2. The second-order valence-electron chi connectivity index (χ2n) is 6.61. The Bertz CT molecular complexity index is 822. The van der Waals surface area contributed by atoms with E-state index in [0.29, 0.717) is 11.3 Å². The number of pyridine rings is 1. The molecule has 1 atom stereocenters. The van der Waals surface area contributed by atoms with Gasteiger partial charge in [-0.3, -0.25) is 4.79 Å². The highest BCUT2D eigenvalue weighted by atomic mass is 35.5. The SMILES string of the molecule is C[C@H](OC(=O)c1ccc(C[NH+]2CCOCC2)cc1)C(=O)Nc1cccnc1Cl. The molecule has 1 amide bonds. The van der Waals surface area contributed by atoms with E-state index in [4.69, 9.17) is 21.1 Å². The monoisotopic (exact) mass is 404 g/mol. The van der Waals surface area contributed by atoms with E-state index in [9.17, 15) is 9.59 Å². The summed E-state index contributed by atoms with van der Waals surface area (Å²) in [6.45, 7) is 5.93. The van der Waals surface area contributed by atoms with Gasteiger partial charge in [-0.05, 0) is 31.2 Å². The molecule has 0 unspecified atom stereocenters. The fourth-order valence-electron chi connectivity index (χ4n) is 2.88. The van der Waals surface area contributed by atoms with Crippen molar-refractivity contribution in [2.24, 2.45) is 0 Å². The molecule has 0 radical (unpaired) electrons. The smallest absolute Gasteiger partial charge is 0.338 e. The molecule has 1 aliphatic rings. The summed E-state index contributed by atoms with van der Waals surface area (Å²) in [7, 11) is 0. The highest BCUT2D eigenvalue weighted by Gasteiger charge is 2.20. The number of amides is 1. The number of rotatable bonds is 6. The topological polar surface area (TPSA) is 82.0 Å². The molecule has 28 heavy (non-hydrogen) atoms. The Morgan fingerprint density at radius 1 is 1.25 bits per heavy atom. The molecule has 2 aromatic rings. The van der Waals surface area contributed by atoms with Crippen LogP contribution in [0.3, 0.4) is 0 Å². The zero-order valence-electron chi connectivity index (χ0n) is 15.6. The quantitative estimate of drug-likeness (QED) is 0.560. The van der Waals surface area contributed by atoms with E-state index in [-0.39, 0.29) is 5.15 Å². The number of esters is 1. The summed E-state index contributed by atoms with van der Waals surface area (Å²) in [6.07, 6.45) is 0.548. The van der Waals surface area contributed by atoms with Crippen LogP contribution in [0.25, 0.3) is 0 Å². The van der Waals surface area contributed by atoms with Crippen LogP contribution in [0.1, 0.15) is 22.8 Å². The zero-order valence-corrected chi connectivity index (χ0v) is 16.4. The van der Waals surface area contributed by atoms with Crippen LogP contribution < -0.4 is 10.2 Å². The standard InChI is InChI=1S/C20H22ClN3O4/c1-14(19(25)23-17-3-2-8-22-18(17)21)28-20(26)16-6-4-15(5-7-16)13-24-9-11-27-12-10-24/h2-8,14H,9-13H2,1H3,(H,23,25)/p+1/t14-/m0/s1. The van der Waals surface area contributed by atoms with E-state index in [1.165, 1.54) is 18.0 Å². The Morgan fingerprint density at radius 3 is 2.64 bits per heavy atom. The maximum atomic E-state index is 12.3. The van der Waals surface area contributed by atoms with E-state index in [0.717, 1.165) is 38.4 Å². The van der Waals surface area contributed by atoms with Crippen molar-refractivity contribution in [2.45, 2.75) is 19.6 Å². The van der Waals surface area contributed by atoms with Crippen molar-refractivity contribution < 1.29 is 24.0 Å². The van der Waals surface area contributed by atoms with Crippen LogP contribution in [0.4, 0.5) is 5.69 Å². The Kier molecular flexibility index (Phi) is 6.97. The van der Waals surface area contributed by atoms with Crippen molar-refractivity contribution in [3.8, 4) is 0 Å². The van der Waals surface area contributed by atoms with Gasteiger partial charge in [0.2, 0.25) is 0 Å². The van der Waals surface area contributed by atoms with E-state index < -0.39 is 18.0 Å². The van der Waals surface area contributed by atoms with E-state index >= 15 is 0 Å². The Labute approximate surface area is 168 Å². The second-order valence-corrected chi connectivity index (χ2v) is 6.97. The number of anilines is 1. The molecule has 1 saturated heterocycles. The highest BCUT2D eigenvalue weighted by Crippen LogP contribution is 2.18. The number of carbonyl (C=O) groups excluding carboxylic acids is 2. The number of nitrogens with one attached hydrogen (secondary N) is 2. The summed E-state index contributed by atoms with van der Waals surface area (Å²) < 4.78 is 10.6. The first-order valence-electron chi connectivity index (χ1n) is 9.15. The van der Waals surface area contributed by atoms with Gasteiger partial charge in [-0.15, -0.1) is 0 Å². The molecule has 2 N–H and O–H groups in total. The molecule has 8 heteroatoms. The van der Waals surface area contributed by atoms with Gasteiger partial charge < -0.3 is 19.7 Å². The number of halogens is 1. The van der Waals surface area contributed by atoms with Crippen LogP contribution in [0.5, 0.6) is 0 Å². The van der Waals surface area contributed by atoms with Gasteiger partial charge in [0.25, 0.3) is 5.91 Å². The molecule has 1 aliphatic heterocycles. The van der Waals surface area contributed by atoms with E-state index in [1.54, 1.807) is 24.3 Å². The average molecular weight is 405 g/mol. The first-order chi connectivity index (χ1) is 13.5. The molecule has 1 aromatic carbocycles. The number of hydrogen-bond acceptors (Lipinski definition) is 5. The van der Waals surface area contributed by atoms with Gasteiger partial charge >= 0.3 is 5.97 Å². The van der Waals surface area contributed by atoms with Gasteiger partial charge in [-0.2, -0.15) is 0 Å². The molecule has 0 aliphatic carbocycles. The third-order valence-corrected chi connectivity index (χ3v) is 4.81. The highest BCUT2D eigenvalue weighted by molar-refractivity contribution is 6.32. The van der Waals surface area contributed by atoms with Gasteiger partial charge in [0, 0.05) is 11.8 Å². The summed E-state index contributed by atoms with van der Waals surface area (Å²) in [4.78, 5) is 29.9. The van der Waals surface area contributed by atoms with Gasteiger partial charge in [0.15, 0.2) is 11.3 Å². The van der Waals surface area contributed by atoms with Crippen molar-refractivity contribution in [1.29, 1.82) is 0 Å². The minimum absolute atomic E-state index is 0.173. The van der Waals surface area contributed by atoms with Crippen molar-refractivity contribution in [2.75, 3.05) is 31.6 Å². The average Bonchev–Trinajstić information content (AvgIpc) is 2.71. The van der Waals surface area contributed by atoms with Crippen molar-refractivity contribution in [1.82, 2.24) is 4.98 Å². The Hall–Kier alpha value is -2.48. The summed E-state index contributed by atoms with van der Waals surface area (Å²) in [6, 6.07) is 10.5. The van der Waals surface area contributed by atoms with Crippen LogP contribution in [0.15, 0.2) is 42.6 Å². The van der Waals surface area contributed by atoms with Crippen LogP contribution in [-0.4, -0.2) is 49.3 Å². The van der Waals surface area contributed by atoms with Gasteiger partial charge in [0.1, 0.15) is 19.6 Å². The first-order valence-corrected chi connectivity index (χ1v) is 9.53. The third-order valence-electron chi connectivity index (χ3n) is 4.51. The third kappa shape index (κ3) is 5.51. The van der Waals surface area contributed by atoms with Crippen LogP contribution >= 0.6 is 11.6 Å². The number of carbonyl (C=O) groups is 2. The summed E-state index contributed by atoms with van der Waals surface area (Å²) in [5.41, 5.74) is 1.91. The summed E-state index contributed by atoms with van der Waals surface area (Å²) in [5, 5.41) is 2.77. The van der Waals surface area contributed by atoms with E-state index in [1.807, 2.05) is 12.1 Å². The summed E-state index contributed by atoms with van der Waals surface area (Å²) >= 11 is 5.92. The van der Waals surface area contributed by atoms with E-state index in [2.05, 4.69) is 10.3 Å². The molecule has 2 heterocycles. The predicted molar refractivity (Wildman–Crippen MR) is 104 cm³/mol. The number of aromatic nitrogens is 1. The number of quaternary nitrogens is 1. The van der Waals surface area contributed by atoms with Crippen molar-refractivity contribution in [3.05, 3.63) is 58.9 Å². The lowest BCUT2D eigenvalue weighted by atomic mass is 10.1. The minimum atomic E-state index is -0.971. The lowest BCUT2D eigenvalue weighted by Gasteiger charge is -2.23. The molecule has 1 aromatic heterocycles. The van der Waals surface area contributed by atoms with Crippen molar-refractivity contribution >= 4 is 29.2 Å². The molecular formula is C20H23ClN3O4+. The molecule has 0 spiro atoms. The van der Waals surface area contributed by atoms with Gasteiger partial charge in [-0.1, -0.05) is 23.7 Å². The fraction of sp³-hybridized carbons (Fsp3) is 0.350. The molecule has 1 fully saturated rings. The molecule has 148 valence electrons. The lowest BCUT2D eigenvalue weighted by molar-refractivity contribution is -0.921. The normalized spacial score (nSPS) is 15.6. The summed E-state index contributed by atoms with van der Waals surface area (Å²) in [5.74, 6) is -1.03. The van der Waals surface area contributed by atoms with Gasteiger partial charge in [0.05, 0.1) is 24.5 Å². The lowest BCUT2D eigenvalue weighted by Crippen LogP contribution is -3.12. The number of nitrogens with zero attached hydrogens (tertiary/aromatic N) is 1.